The first kappa shape index (κ1) is 21.1. The summed E-state index contributed by atoms with van der Waals surface area (Å²) < 4.78 is 46.2. The van der Waals surface area contributed by atoms with Crippen molar-refractivity contribution < 1.29 is 18.3 Å². The average molecular weight is 468 g/mol. The zero-order valence-corrected chi connectivity index (χ0v) is 17.4. The average Bonchev–Trinajstić information content (AvgIpc) is 3.27. The molecule has 10 heteroatoms. The van der Waals surface area contributed by atoms with Gasteiger partial charge < -0.3 is 5.11 Å². The second-order valence-electron chi connectivity index (χ2n) is 7.47. The minimum atomic E-state index is -3.86. The van der Waals surface area contributed by atoms with Crippen LogP contribution < -0.4 is 0 Å². The third-order valence-electron chi connectivity index (χ3n) is 5.38. The summed E-state index contributed by atoms with van der Waals surface area (Å²) >= 11 is 5.84. The largest absolute Gasteiger partial charge is 0.377 e. The van der Waals surface area contributed by atoms with Crippen LogP contribution in [0.2, 0.25) is 5.02 Å². The molecule has 0 amide bonds. The fourth-order valence-corrected chi connectivity index (χ4v) is 3.81. The lowest BCUT2D eigenvalue weighted by atomic mass is 9.80. The van der Waals surface area contributed by atoms with E-state index in [1.165, 1.54) is 12.3 Å². The number of halogens is 4. The molecule has 2 aromatic heterocycles. The molecule has 0 bridgehead atoms. The summed E-state index contributed by atoms with van der Waals surface area (Å²) in [4.78, 5) is 3.86. The van der Waals surface area contributed by atoms with Crippen LogP contribution in [0, 0.1) is 17.7 Å². The second-order valence-corrected chi connectivity index (χ2v) is 7.91. The first-order chi connectivity index (χ1) is 15.8. The van der Waals surface area contributed by atoms with E-state index in [0.29, 0.717) is 16.1 Å². The zero-order valence-electron chi connectivity index (χ0n) is 16.7. The molecule has 0 saturated carbocycles. The molecule has 1 atom stereocenters. The molecule has 3 heterocycles. The van der Waals surface area contributed by atoms with Crippen LogP contribution in [-0.2, 0) is 18.1 Å². The van der Waals surface area contributed by atoms with E-state index < -0.39 is 29.6 Å². The number of benzene rings is 2. The van der Waals surface area contributed by atoms with Crippen LogP contribution in [0.1, 0.15) is 22.4 Å². The third kappa shape index (κ3) is 3.53. The van der Waals surface area contributed by atoms with Crippen molar-refractivity contribution in [1.82, 2.24) is 25.2 Å². The van der Waals surface area contributed by atoms with Gasteiger partial charge >= 0.3 is 5.92 Å². The molecule has 5 rings (SSSR count). The standard InChI is InChI=1S/C23H13ClF3N5O/c24-16-6-3-14(4-7-16)1-2-15-5-10-20(28-12-15)23(26,27)22(33)13-32-21(29-30-31-32)18-11-17(25)8-9-19(18)22/h3-12,33H,13H2. The molecule has 0 radical (unpaired) electrons. The Morgan fingerprint density at radius 1 is 1.03 bits per heavy atom. The van der Waals surface area contributed by atoms with Gasteiger partial charge in [-0.2, -0.15) is 8.78 Å². The van der Waals surface area contributed by atoms with Crippen LogP contribution in [0.25, 0.3) is 11.4 Å². The SMILES string of the molecule is OC1(C(F)(F)c2ccc(C#Cc3ccc(Cl)cc3)cn2)Cn2nnnc2-c2cc(F)ccc21. The summed E-state index contributed by atoms with van der Waals surface area (Å²) in [7, 11) is 0. The normalized spacial score (nSPS) is 17.0. The lowest BCUT2D eigenvalue weighted by Crippen LogP contribution is -2.49. The topological polar surface area (TPSA) is 76.7 Å². The highest BCUT2D eigenvalue weighted by Gasteiger charge is 2.59. The van der Waals surface area contributed by atoms with Crippen molar-refractivity contribution in [2.75, 3.05) is 0 Å². The van der Waals surface area contributed by atoms with Crippen molar-refractivity contribution in [2.24, 2.45) is 0 Å². The lowest BCUT2D eigenvalue weighted by molar-refractivity contribution is -0.207. The number of nitrogens with zero attached hydrogens (tertiary/aromatic N) is 5. The van der Waals surface area contributed by atoms with Crippen LogP contribution in [0.4, 0.5) is 13.2 Å². The smallest absolute Gasteiger partial charge is 0.323 e. The van der Waals surface area contributed by atoms with Crippen molar-refractivity contribution in [1.29, 1.82) is 0 Å². The summed E-state index contributed by atoms with van der Waals surface area (Å²) in [6, 6.07) is 12.5. The molecule has 0 spiro atoms. The Morgan fingerprint density at radius 3 is 2.48 bits per heavy atom. The maximum Gasteiger partial charge on any atom is 0.323 e. The number of hydrogen-bond donors (Lipinski definition) is 1. The fourth-order valence-electron chi connectivity index (χ4n) is 3.68. The number of hydrogen-bond acceptors (Lipinski definition) is 5. The van der Waals surface area contributed by atoms with Crippen molar-refractivity contribution >= 4 is 11.6 Å². The Balaban J connectivity index is 1.51. The van der Waals surface area contributed by atoms with Gasteiger partial charge in [0.25, 0.3) is 0 Å². The van der Waals surface area contributed by atoms with E-state index in [0.717, 1.165) is 28.9 Å². The molecule has 1 aliphatic rings. The van der Waals surface area contributed by atoms with Gasteiger partial charge in [0.1, 0.15) is 11.5 Å². The van der Waals surface area contributed by atoms with E-state index in [4.69, 9.17) is 11.6 Å². The van der Waals surface area contributed by atoms with E-state index in [2.05, 4.69) is 32.4 Å². The molecule has 1 aliphatic heterocycles. The van der Waals surface area contributed by atoms with Crippen LogP contribution in [0.15, 0.2) is 60.8 Å². The van der Waals surface area contributed by atoms with E-state index in [-0.39, 0.29) is 17.0 Å². The summed E-state index contributed by atoms with van der Waals surface area (Å²) in [6.07, 6.45) is 1.20. The maximum atomic E-state index is 15.7. The van der Waals surface area contributed by atoms with Crippen molar-refractivity contribution in [3.63, 3.8) is 0 Å². The highest BCUT2D eigenvalue weighted by Crippen LogP contribution is 2.50. The molecule has 6 nitrogen and oxygen atoms in total. The summed E-state index contributed by atoms with van der Waals surface area (Å²) in [5.74, 6) is 1.31. The first-order valence-corrected chi connectivity index (χ1v) is 10.1. The van der Waals surface area contributed by atoms with Crippen molar-refractivity contribution in [3.8, 4) is 23.2 Å². The van der Waals surface area contributed by atoms with Crippen LogP contribution >= 0.6 is 11.6 Å². The minimum absolute atomic E-state index is 0.0149. The molecule has 2 aromatic carbocycles. The molecule has 0 aliphatic carbocycles. The van der Waals surface area contributed by atoms with E-state index in [1.807, 2.05) is 0 Å². The number of alkyl halides is 2. The van der Waals surface area contributed by atoms with Gasteiger partial charge in [-0.3, -0.25) is 4.98 Å². The monoisotopic (exact) mass is 467 g/mol. The van der Waals surface area contributed by atoms with Crippen LogP contribution in [0.5, 0.6) is 0 Å². The third-order valence-corrected chi connectivity index (χ3v) is 5.63. The van der Waals surface area contributed by atoms with Crippen molar-refractivity contribution in [3.05, 3.63) is 94.0 Å². The van der Waals surface area contributed by atoms with Crippen LogP contribution in [-0.4, -0.2) is 30.3 Å². The molecule has 33 heavy (non-hydrogen) atoms. The molecular formula is C23H13ClF3N5O. The van der Waals surface area contributed by atoms with Crippen molar-refractivity contribution in [2.45, 2.75) is 18.1 Å². The maximum absolute atomic E-state index is 15.7. The van der Waals surface area contributed by atoms with Gasteiger partial charge in [-0.25, -0.2) is 9.07 Å². The number of aromatic nitrogens is 5. The number of tetrazole rings is 1. The highest BCUT2D eigenvalue weighted by molar-refractivity contribution is 6.30. The summed E-state index contributed by atoms with van der Waals surface area (Å²) in [5.41, 5.74) is -2.53. The molecule has 1 N–H and O–H groups in total. The molecule has 4 aromatic rings. The molecule has 0 saturated heterocycles. The molecular weight excluding hydrogens is 455 g/mol. The first-order valence-electron chi connectivity index (χ1n) is 9.69. The van der Waals surface area contributed by atoms with Gasteiger partial charge in [0.05, 0.1) is 6.54 Å². The van der Waals surface area contributed by atoms with Gasteiger partial charge in [0, 0.05) is 33.5 Å². The Hall–Kier alpha value is -3.74. The van der Waals surface area contributed by atoms with Gasteiger partial charge in [-0.05, 0) is 59.0 Å². The van der Waals surface area contributed by atoms with Gasteiger partial charge in [-0.15, -0.1) is 5.10 Å². The number of pyridine rings is 1. The van der Waals surface area contributed by atoms with Crippen LogP contribution in [0.3, 0.4) is 0 Å². The Bertz CT molecular complexity index is 1410. The van der Waals surface area contributed by atoms with E-state index in [1.54, 1.807) is 24.3 Å². The Morgan fingerprint density at radius 2 is 1.76 bits per heavy atom. The van der Waals surface area contributed by atoms with E-state index in [9.17, 15) is 9.50 Å². The minimum Gasteiger partial charge on any atom is -0.377 e. The fraction of sp³-hybridized carbons (Fsp3) is 0.130. The molecule has 0 fully saturated rings. The highest BCUT2D eigenvalue weighted by atomic mass is 35.5. The van der Waals surface area contributed by atoms with Gasteiger partial charge in [0.2, 0.25) is 0 Å². The number of aliphatic hydroxyl groups is 1. The molecule has 164 valence electrons. The molecule has 1 unspecified atom stereocenters. The predicted molar refractivity (Wildman–Crippen MR) is 113 cm³/mol. The Labute approximate surface area is 190 Å². The zero-order chi connectivity index (χ0) is 23.2. The summed E-state index contributed by atoms with van der Waals surface area (Å²) in [5, 5.41) is 22.7. The number of rotatable bonds is 2. The van der Waals surface area contributed by atoms with E-state index >= 15 is 8.78 Å². The summed E-state index contributed by atoms with van der Waals surface area (Å²) in [6.45, 7) is -0.638. The van der Waals surface area contributed by atoms with Gasteiger partial charge in [-0.1, -0.05) is 29.5 Å². The number of fused-ring (bicyclic) bond motifs is 3. The van der Waals surface area contributed by atoms with Gasteiger partial charge in [0.15, 0.2) is 11.4 Å². The predicted octanol–water partition coefficient (Wildman–Crippen LogP) is 3.92. The Kier molecular flexibility index (Phi) is 4.92. The lowest BCUT2D eigenvalue weighted by Gasteiger charge is -2.39. The second kappa shape index (κ2) is 7.69. The quantitative estimate of drug-likeness (QED) is 0.452.